The zero-order valence-corrected chi connectivity index (χ0v) is 15.5. The van der Waals surface area contributed by atoms with Crippen LogP contribution >= 0.6 is 23.2 Å². The standard InChI is InChI=1S/C17H15Cl2N5O3/c18-13-2-1-11(14(19)7-13)9-24-5-3-15(22-24)21-16(25)4-6-23-10-12(8-20-23)17(26)27/h1-3,5,7-8,10H,4,6,9H2,(H,26,27)(H,21,22,25). The molecule has 2 aromatic heterocycles. The molecule has 27 heavy (non-hydrogen) atoms. The van der Waals surface area contributed by atoms with Crippen LogP contribution in [0.3, 0.4) is 0 Å². The summed E-state index contributed by atoms with van der Waals surface area (Å²) in [5, 5.41) is 20.8. The number of aromatic carboxylic acids is 1. The van der Waals surface area contributed by atoms with Gasteiger partial charge in [0, 0.05) is 41.5 Å². The van der Waals surface area contributed by atoms with Crippen LogP contribution in [0.1, 0.15) is 22.3 Å². The van der Waals surface area contributed by atoms with Crippen molar-refractivity contribution in [3.05, 3.63) is 64.0 Å². The van der Waals surface area contributed by atoms with Crippen LogP contribution in [0.2, 0.25) is 10.0 Å². The molecule has 0 aliphatic heterocycles. The number of halogens is 2. The molecule has 0 aliphatic rings. The summed E-state index contributed by atoms with van der Waals surface area (Å²) in [5.74, 6) is -0.897. The summed E-state index contributed by atoms with van der Waals surface area (Å²) < 4.78 is 3.06. The molecule has 0 atom stereocenters. The summed E-state index contributed by atoms with van der Waals surface area (Å²) in [6.45, 7) is 0.706. The molecule has 10 heteroatoms. The number of carboxylic acids is 1. The van der Waals surface area contributed by atoms with Crippen LogP contribution in [0.25, 0.3) is 0 Å². The molecule has 3 rings (SSSR count). The minimum absolute atomic E-state index is 0.0787. The van der Waals surface area contributed by atoms with Gasteiger partial charge in [0.1, 0.15) is 0 Å². The summed E-state index contributed by atoms with van der Waals surface area (Å²) in [4.78, 5) is 22.8. The van der Waals surface area contributed by atoms with Crippen molar-refractivity contribution in [2.24, 2.45) is 0 Å². The van der Waals surface area contributed by atoms with Crippen molar-refractivity contribution in [2.75, 3.05) is 5.32 Å². The minimum Gasteiger partial charge on any atom is -0.478 e. The van der Waals surface area contributed by atoms with Gasteiger partial charge in [0.05, 0.1) is 18.3 Å². The molecule has 0 saturated heterocycles. The SMILES string of the molecule is O=C(CCn1cc(C(=O)O)cn1)Nc1ccn(Cc2ccc(Cl)cc2Cl)n1. The van der Waals surface area contributed by atoms with Gasteiger partial charge in [0.25, 0.3) is 0 Å². The number of carbonyl (C=O) groups is 2. The number of rotatable bonds is 7. The first-order valence-electron chi connectivity index (χ1n) is 7.93. The van der Waals surface area contributed by atoms with Crippen molar-refractivity contribution < 1.29 is 14.7 Å². The van der Waals surface area contributed by atoms with Crippen molar-refractivity contribution in [1.82, 2.24) is 19.6 Å². The van der Waals surface area contributed by atoms with Gasteiger partial charge in [-0.1, -0.05) is 29.3 Å². The average molecular weight is 408 g/mol. The number of carbonyl (C=O) groups excluding carboxylic acids is 1. The fraction of sp³-hybridized carbons (Fsp3) is 0.176. The molecule has 0 bridgehead atoms. The number of aromatic nitrogens is 4. The Balaban J connectivity index is 1.53. The molecule has 140 valence electrons. The van der Waals surface area contributed by atoms with Crippen LogP contribution in [0.5, 0.6) is 0 Å². The second-order valence-electron chi connectivity index (χ2n) is 5.73. The van der Waals surface area contributed by atoms with E-state index in [0.717, 1.165) is 5.56 Å². The number of aryl methyl sites for hydroxylation is 1. The highest BCUT2D eigenvalue weighted by molar-refractivity contribution is 6.35. The van der Waals surface area contributed by atoms with Crippen LogP contribution in [0, 0.1) is 0 Å². The van der Waals surface area contributed by atoms with Crippen LogP contribution < -0.4 is 5.32 Å². The number of hydrogen-bond acceptors (Lipinski definition) is 4. The number of anilines is 1. The number of carboxylic acid groups (broad SMARTS) is 1. The number of nitrogens with one attached hydrogen (secondary N) is 1. The van der Waals surface area contributed by atoms with Crippen LogP contribution in [-0.4, -0.2) is 36.5 Å². The van der Waals surface area contributed by atoms with Gasteiger partial charge in [-0.25, -0.2) is 4.79 Å². The molecule has 8 nitrogen and oxygen atoms in total. The number of hydrogen-bond donors (Lipinski definition) is 2. The summed E-state index contributed by atoms with van der Waals surface area (Å²) in [6.07, 6.45) is 4.48. The Morgan fingerprint density at radius 3 is 2.70 bits per heavy atom. The van der Waals surface area contributed by atoms with E-state index in [4.69, 9.17) is 28.3 Å². The van der Waals surface area contributed by atoms with Crippen LogP contribution in [0.15, 0.2) is 42.9 Å². The van der Waals surface area contributed by atoms with Gasteiger partial charge in [-0.15, -0.1) is 0 Å². The first-order valence-corrected chi connectivity index (χ1v) is 8.69. The lowest BCUT2D eigenvalue weighted by molar-refractivity contribution is -0.116. The molecule has 3 aromatic rings. The Morgan fingerprint density at radius 1 is 1.19 bits per heavy atom. The molecule has 1 aromatic carbocycles. The Morgan fingerprint density at radius 2 is 2.00 bits per heavy atom. The first kappa shape index (κ1) is 18.9. The third-order valence-electron chi connectivity index (χ3n) is 3.70. The monoisotopic (exact) mass is 407 g/mol. The first-order chi connectivity index (χ1) is 12.9. The van der Waals surface area contributed by atoms with Gasteiger partial charge in [-0.05, 0) is 17.7 Å². The molecule has 0 unspecified atom stereocenters. The van der Waals surface area contributed by atoms with Crippen LogP contribution in [-0.2, 0) is 17.9 Å². The molecular weight excluding hydrogens is 393 g/mol. The van der Waals surface area contributed by atoms with Crippen molar-refractivity contribution in [1.29, 1.82) is 0 Å². The lowest BCUT2D eigenvalue weighted by Crippen LogP contribution is -2.15. The second-order valence-corrected chi connectivity index (χ2v) is 6.57. The molecule has 0 saturated carbocycles. The molecule has 0 aliphatic carbocycles. The van der Waals surface area contributed by atoms with E-state index in [2.05, 4.69) is 15.5 Å². The normalized spacial score (nSPS) is 10.7. The van der Waals surface area contributed by atoms with Gasteiger partial charge in [0.15, 0.2) is 5.82 Å². The second kappa shape index (κ2) is 8.24. The van der Waals surface area contributed by atoms with E-state index in [0.29, 0.717) is 22.4 Å². The zero-order chi connectivity index (χ0) is 19.4. The summed E-state index contributed by atoms with van der Waals surface area (Å²) in [7, 11) is 0. The molecule has 1 amide bonds. The van der Waals surface area contributed by atoms with Gasteiger partial charge in [-0.3, -0.25) is 14.2 Å². The quantitative estimate of drug-likeness (QED) is 0.625. The van der Waals surface area contributed by atoms with Crippen molar-refractivity contribution in [2.45, 2.75) is 19.5 Å². The number of benzene rings is 1. The van der Waals surface area contributed by atoms with E-state index in [1.807, 2.05) is 6.07 Å². The maximum absolute atomic E-state index is 12.0. The largest absolute Gasteiger partial charge is 0.478 e. The third-order valence-corrected chi connectivity index (χ3v) is 4.29. The Kier molecular flexibility index (Phi) is 5.78. The Hall–Kier alpha value is -2.84. The smallest absolute Gasteiger partial charge is 0.338 e. The number of nitrogens with zero attached hydrogens (tertiary/aromatic N) is 4. The lowest BCUT2D eigenvalue weighted by Gasteiger charge is -2.05. The topological polar surface area (TPSA) is 102 Å². The maximum atomic E-state index is 12.0. The van der Waals surface area contributed by atoms with E-state index in [1.54, 1.807) is 29.1 Å². The predicted octanol–water partition coefficient (Wildman–Crippen LogP) is 3.16. The van der Waals surface area contributed by atoms with E-state index < -0.39 is 5.97 Å². The molecule has 0 spiro atoms. The molecule has 0 fully saturated rings. The van der Waals surface area contributed by atoms with Crippen molar-refractivity contribution in [3.8, 4) is 0 Å². The van der Waals surface area contributed by atoms with E-state index in [-0.39, 0.29) is 24.4 Å². The molecule has 2 heterocycles. The number of amides is 1. The average Bonchev–Trinajstić information content (AvgIpc) is 3.25. The highest BCUT2D eigenvalue weighted by Gasteiger charge is 2.09. The fourth-order valence-electron chi connectivity index (χ4n) is 2.36. The molecule has 0 radical (unpaired) electrons. The Bertz CT molecular complexity index is 983. The van der Waals surface area contributed by atoms with Crippen molar-refractivity contribution >= 4 is 40.9 Å². The molecular formula is C17H15Cl2N5O3. The predicted molar refractivity (Wildman–Crippen MR) is 100 cm³/mol. The van der Waals surface area contributed by atoms with Gasteiger partial charge >= 0.3 is 5.97 Å². The Labute approximate surface area is 164 Å². The maximum Gasteiger partial charge on any atom is 0.338 e. The minimum atomic E-state index is -1.06. The summed E-state index contributed by atoms with van der Waals surface area (Å²) in [6, 6.07) is 6.91. The highest BCUT2D eigenvalue weighted by Crippen LogP contribution is 2.21. The van der Waals surface area contributed by atoms with E-state index in [9.17, 15) is 9.59 Å². The van der Waals surface area contributed by atoms with Crippen molar-refractivity contribution in [3.63, 3.8) is 0 Å². The van der Waals surface area contributed by atoms with Crippen LogP contribution in [0.4, 0.5) is 5.82 Å². The highest BCUT2D eigenvalue weighted by atomic mass is 35.5. The van der Waals surface area contributed by atoms with E-state index in [1.165, 1.54) is 17.1 Å². The van der Waals surface area contributed by atoms with Gasteiger partial charge in [-0.2, -0.15) is 10.2 Å². The zero-order valence-electron chi connectivity index (χ0n) is 14.0. The fourth-order valence-corrected chi connectivity index (χ4v) is 2.83. The van der Waals surface area contributed by atoms with E-state index >= 15 is 0 Å². The third kappa shape index (κ3) is 5.08. The summed E-state index contributed by atoms with van der Waals surface area (Å²) >= 11 is 12.0. The summed E-state index contributed by atoms with van der Waals surface area (Å²) in [5.41, 5.74) is 0.935. The molecule has 2 N–H and O–H groups in total. The van der Waals surface area contributed by atoms with Gasteiger partial charge in [0.2, 0.25) is 5.91 Å². The van der Waals surface area contributed by atoms with Gasteiger partial charge < -0.3 is 10.4 Å². The lowest BCUT2D eigenvalue weighted by atomic mass is 10.2.